The van der Waals surface area contributed by atoms with Crippen LogP contribution in [0.15, 0.2) is 16.3 Å². The van der Waals surface area contributed by atoms with Crippen molar-refractivity contribution in [3.8, 4) is 0 Å². The van der Waals surface area contributed by atoms with Crippen molar-refractivity contribution in [2.45, 2.75) is 24.5 Å². The van der Waals surface area contributed by atoms with Gasteiger partial charge in [-0.05, 0) is 25.5 Å². The van der Waals surface area contributed by atoms with Crippen LogP contribution in [0.1, 0.15) is 18.7 Å². The molecular weight excluding hydrogens is 298 g/mol. The van der Waals surface area contributed by atoms with Crippen LogP contribution in [0.25, 0.3) is 0 Å². The lowest BCUT2D eigenvalue weighted by molar-refractivity contribution is -0.120. The van der Waals surface area contributed by atoms with Crippen molar-refractivity contribution >= 4 is 27.1 Å². The zero-order chi connectivity index (χ0) is 14.8. The Balaban J connectivity index is 2.13. The molecule has 2 heterocycles. The van der Waals surface area contributed by atoms with Crippen molar-refractivity contribution in [3.05, 3.63) is 17.0 Å². The SMILES string of the molecule is CC(=O)C(C)Cc1ccc(S(=O)(=O)N2CCOCC2)s1. The summed E-state index contributed by atoms with van der Waals surface area (Å²) in [5.74, 6) is 0.0450. The summed E-state index contributed by atoms with van der Waals surface area (Å²) in [4.78, 5) is 12.2. The van der Waals surface area contributed by atoms with Gasteiger partial charge in [0.25, 0.3) is 10.0 Å². The Hall–Kier alpha value is -0.760. The second-order valence-electron chi connectivity index (χ2n) is 4.95. The highest BCUT2D eigenvalue weighted by molar-refractivity contribution is 7.91. The van der Waals surface area contributed by atoms with Crippen molar-refractivity contribution in [3.63, 3.8) is 0 Å². The van der Waals surface area contributed by atoms with Crippen molar-refractivity contribution in [2.24, 2.45) is 5.92 Å². The number of hydrogen-bond donors (Lipinski definition) is 0. The molecule has 0 N–H and O–H groups in total. The monoisotopic (exact) mass is 317 g/mol. The van der Waals surface area contributed by atoms with Gasteiger partial charge in [0.1, 0.15) is 9.99 Å². The van der Waals surface area contributed by atoms with Crippen molar-refractivity contribution in [1.29, 1.82) is 0 Å². The van der Waals surface area contributed by atoms with Crippen LogP contribution < -0.4 is 0 Å². The van der Waals surface area contributed by atoms with Crippen LogP contribution >= 0.6 is 11.3 Å². The zero-order valence-electron chi connectivity index (χ0n) is 11.7. The first-order valence-electron chi connectivity index (χ1n) is 6.58. The van der Waals surface area contributed by atoms with Gasteiger partial charge in [0, 0.05) is 23.9 Å². The summed E-state index contributed by atoms with van der Waals surface area (Å²) in [6.07, 6.45) is 0.596. The molecule has 5 nitrogen and oxygen atoms in total. The number of ether oxygens (including phenoxy) is 1. The Labute approximate surface area is 123 Å². The number of sulfonamides is 1. The fourth-order valence-electron chi connectivity index (χ4n) is 1.97. The van der Waals surface area contributed by atoms with E-state index in [-0.39, 0.29) is 11.7 Å². The molecule has 1 aliphatic rings. The van der Waals surface area contributed by atoms with E-state index in [9.17, 15) is 13.2 Å². The van der Waals surface area contributed by atoms with Gasteiger partial charge in [0.2, 0.25) is 0 Å². The summed E-state index contributed by atoms with van der Waals surface area (Å²) in [7, 11) is -3.41. The third-order valence-corrected chi connectivity index (χ3v) is 6.88. The van der Waals surface area contributed by atoms with E-state index < -0.39 is 10.0 Å². The molecule has 1 aromatic heterocycles. The lowest BCUT2D eigenvalue weighted by Gasteiger charge is -2.25. The van der Waals surface area contributed by atoms with E-state index in [2.05, 4.69) is 0 Å². The fraction of sp³-hybridized carbons (Fsp3) is 0.615. The van der Waals surface area contributed by atoms with E-state index >= 15 is 0 Å². The van der Waals surface area contributed by atoms with Crippen LogP contribution in [-0.4, -0.2) is 44.8 Å². The molecule has 1 saturated heterocycles. The predicted molar refractivity (Wildman–Crippen MR) is 77.4 cm³/mol. The standard InChI is InChI=1S/C13H19NO4S2/c1-10(11(2)15)9-12-3-4-13(19-12)20(16,17)14-5-7-18-8-6-14/h3-4,10H,5-9H2,1-2H3. The molecule has 0 aliphatic carbocycles. The van der Waals surface area contributed by atoms with Crippen LogP contribution in [0, 0.1) is 5.92 Å². The van der Waals surface area contributed by atoms with Crippen molar-refractivity contribution in [2.75, 3.05) is 26.3 Å². The number of nitrogens with zero attached hydrogens (tertiary/aromatic N) is 1. The van der Waals surface area contributed by atoms with Gasteiger partial charge < -0.3 is 4.74 Å². The maximum Gasteiger partial charge on any atom is 0.252 e. The van der Waals surface area contributed by atoms with Gasteiger partial charge in [0.15, 0.2) is 0 Å². The first kappa shape index (κ1) is 15.6. The normalized spacial score (nSPS) is 18.9. The fourth-order valence-corrected chi connectivity index (χ4v) is 5.01. The molecular formula is C13H19NO4S2. The highest BCUT2D eigenvalue weighted by Crippen LogP contribution is 2.27. The Morgan fingerprint density at radius 3 is 2.65 bits per heavy atom. The first-order chi connectivity index (χ1) is 9.41. The summed E-state index contributed by atoms with van der Waals surface area (Å²) in [6, 6.07) is 3.44. The minimum Gasteiger partial charge on any atom is -0.379 e. The Bertz CT molecular complexity index is 573. The van der Waals surface area contributed by atoms with Crippen LogP contribution in [0.2, 0.25) is 0 Å². The quantitative estimate of drug-likeness (QED) is 0.826. The molecule has 7 heteroatoms. The van der Waals surface area contributed by atoms with Gasteiger partial charge >= 0.3 is 0 Å². The first-order valence-corrected chi connectivity index (χ1v) is 8.84. The van der Waals surface area contributed by atoms with Crippen molar-refractivity contribution < 1.29 is 17.9 Å². The second kappa shape index (κ2) is 6.34. The number of carbonyl (C=O) groups excluding carboxylic acids is 1. The van der Waals surface area contributed by atoms with E-state index in [0.29, 0.717) is 36.9 Å². The maximum atomic E-state index is 12.4. The van der Waals surface area contributed by atoms with Gasteiger partial charge in [-0.2, -0.15) is 4.31 Å². The Morgan fingerprint density at radius 1 is 1.40 bits per heavy atom. The van der Waals surface area contributed by atoms with Crippen LogP contribution in [0.3, 0.4) is 0 Å². The second-order valence-corrected chi connectivity index (χ2v) is 8.29. The molecule has 2 rings (SSSR count). The van der Waals surface area contributed by atoms with Crippen LogP contribution in [0.4, 0.5) is 0 Å². The lowest BCUT2D eigenvalue weighted by atomic mass is 10.0. The number of rotatable bonds is 5. The molecule has 0 saturated carbocycles. The topological polar surface area (TPSA) is 63.7 Å². The van der Waals surface area contributed by atoms with E-state index in [1.54, 1.807) is 19.1 Å². The average molecular weight is 317 g/mol. The number of Topliss-reactive ketones (excluding diaryl/α,β-unsaturated/α-hetero) is 1. The molecule has 20 heavy (non-hydrogen) atoms. The van der Waals surface area contributed by atoms with E-state index in [4.69, 9.17) is 4.74 Å². The number of morpholine rings is 1. The Morgan fingerprint density at radius 2 is 2.05 bits per heavy atom. The minimum absolute atomic E-state index is 0.0763. The third-order valence-electron chi connectivity index (χ3n) is 3.40. The molecule has 0 radical (unpaired) electrons. The smallest absolute Gasteiger partial charge is 0.252 e. The molecule has 0 spiro atoms. The van der Waals surface area contributed by atoms with E-state index in [1.807, 2.05) is 6.92 Å². The number of carbonyl (C=O) groups is 1. The molecule has 0 amide bonds. The van der Waals surface area contributed by atoms with Crippen molar-refractivity contribution in [1.82, 2.24) is 4.31 Å². The Kier molecular flexibility index (Phi) is 4.95. The molecule has 1 unspecified atom stereocenters. The molecule has 0 aromatic carbocycles. The zero-order valence-corrected chi connectivity index (χ0v) is 13.3. The number of thiophene rings is 1. The van der Waals surface area contributed by atoms with Crippen LogP contribution in [0.5, 0.6) is 0 Å². The molecule has 1 atom stereocenters. The summed E-state index contributed by atoms with van der Waals surface area (Å²) < 4.78 is 31.9. The molecule has 1 fully saturated rings. The predicted octanol–water partition coefficient (Wildman–Crippen LogP) is 1.54. The van der Waals surface area contributed by atoms with Gasteiger partial charge in [-0.25, -0.2) is 8.42 Å². The maximum absolute atomic E-state index is 12.4. The van der Waals surface area contributed by atoms with Crippen LogP contribution in [-0.2, 0) is 26.0 Å². The number of ketones is 1. The van der Waals surface area contributed by atoms with E-state index in [0.717, 1.165) is 4.88 Å². The highest BCUT2D eigenvalue weighted by Gasteiger charge is 2.27. The minimum atomic E-state index is -3.41. The summed E-state index contributed by atoms with van der Waals surface area (Å²) in [5.41, 5.74) is 0. The third kappa shape index (κ3) is 3.46. The number of hydrogen-bond acceptors (Lipinski definition) is 5. The summed E-state index contributed by atoms with van der Waals surface area (Å²) >= 11 is 1.26. The van der Waals surface area contributed by atoms with Gasteiger partial charge in [-0.15, -0.1) is 11.3 Å². The molecule has 0 bridgehead atoms. The van der Waals surface area contributed by atoms with E-state index in [1.165, 1.54) is 15.6 Å². The van der Waals surface area contributed by atoms with Gasteiger partial charge in [0.05, 0.1) is 13.2 Å². The highest BCUT2D eigenvalue weighted by atomic mass is 32.2. The molecule has 112 valence electrons. The summed E-state index contributed by atoms with van der Waals surface area (Å²) in [6.45, 7) is 5.11. The lowest BCUT2D eigenvalue weighted by Crippen LogP contribution is -2.40. The molecule has 1 aliphatic heterocycles. The van der Waals surface area contributed by atoms with Gasteiger partial charge in [-0.3, -0.25) is 4.79 Å². The summed E-state index contributed by atoms with van der Waals surface area (Å²) in [5, 5.41) is 0. The largest absolute Gasteiger partial charge is 0.379 e. The molecule has 1 aromatic rings. The van der Waals surface area contributed by atoms with Gasteiger partial charge in [-0.1, -0.05) is 6.92 Å². The average Bonchev–Trinajstić information content (AvgIpc) is 2.89.